The van der Waals surface area contributed by atoms with E-state index in [1.165, 1.54) is 7.11 Å². The summed E-state index contributed by atoms with van der Waals surface area (Å²) in [5.74, 6) is 0.0945. The van der Waals surface area contributed by atoms with E-state index in [-0.39, 0.29) is 12.7 Å². The molecule has 1 heterocycles. The van der Waals surface area contributed by atoms with Gasteiger partial charge in [-0.25, -0.2) is 4.79 Å². The van der Waals surface area contributed by atoms with E-state index >= 15 is 0 Å². The number of methoxy groups -OCH3 is 1. The standard InChI is InChI=1S/C14H18O6/c1-3-19-14(16)12(15)10-5-4-6-11(17-2)13(10)20-9-7-18-8-9/h4-6,9,12,15H,3,7-8H2,1-2H3. The average molecular weight is 282 g/mol. The molecule has 6 heteroatoms. The van der Waals surface area contributed by atoms with Gasteiger partial charge in [0.2, 0.25) is 0 Å². The smallest absolute Gasteiger partial charge is 0.339 e. The molecular formula is C14H18O6. The second kappa shape index (κ2) is 6.58. The molecule has 1 atom stereocenters. The molecule has 1 aliphatic rings. The lowest BCUT2D eigenvalue weighted by Crippen LogP contribution is -2.39. The van der Waals surface area contributed by atoms with Gasteiger partial charge in [-0.05, 0) is 13.0 Å². The second-order valence-corrected chi connectivity index (χ2v) is 4.31. The highest BCUT2D eigenvalue weighted by molar-refractivity contribution is 5.77. The Balaban J connectivity index is 2.27. The molecule has 20 heavy (non-hydrogen) atoms. The number of ether oxygens (including phenoxy) is 4. The molecule has 0 radical (unpaired) electrons. The summed E-state index contributed by atoms with van der Waals surface area (Å²) in [5, 5.41) is 10.1. The predicted octanol–water partition coefficient (Wildman–Crippen LogP) is 1.07. The summed E-state index contributed by atoms with van der Waals surface area (Å²) in [6.45, 7) is 2.84. The number of esters is 1. The van der Waals surface area contributed by atoms with E-state index in [1.807, 2.05) is 0 Å². The van der Waals surface area contributed by atoms with Gasteiger partial charge in [-0.1, -0.05) is 12.1 Å². The summed E-state index contributed by atoms with van der Waals surface area (Å²) in [7, 11) is 1.50. The Morgan fingerprint density at radius 2 is 2.25 bits per heavy atom. The first-order chi connectivity index (χ1) is 9.67. The highest BCUT2D eigenvalue weighted by Crippen LogP contribution is 2.36. The topological polar surface area (TPSA) is 74.2 Å². The zero-order valence-corrected chi connectivity index (χ0v) is 11.5. The van der Waals surface area contributed by atoms with Crippen molar-refractivity contribution in [2.24, 2.45) is 0 Å². The van der Waals surface area contributed by atoms with Crippen LogP contribution in [0.2, 0.25) is 0 Å². The fraction of sp³-hybridized carbons (Fsp3) is 0.500. The van der Waals surface area contributed by atoms with Crippen molar-refractivity contribution in [2.45, 2.75) is 19.1 Å². The van der Waals surface area contributed by atoms with E-state index in [9.17, 15) is 9.90 Å². The van der Waals surface area contributed by atoms with E-state index in [4.69, 9.17) is 18.9 Å². The van der Waals surface area contributed by atoms with Crippen molar-refractivity contribution in [2.75, 3.05) is 26.9 Å². The minimum Gasteiger partial charge on any atom is -0.493 e. The van der Waals surface area contributed by atoms with Gasteiger partial charge in [0.1, 0.15) is 6.10 Å². The molecule has 0 amide bonds. The lowest BCUT2D eigenvalue weighted by atomic mass is 10.1. The quantitative estimate of drug-likeness (QED) is 0.787. The Morgan fingerprint density at radius 3 is 2.80 bits per heavy atom. The van der Waals surface area contributed by atoms with Crippen LogP contribution in [0.1, 0.15) is 18.6 Å². The summed E-state index contributed by atoms with van der Waals surface area (Å²) >= 11 is 0. The van der Waals surface area contributed by atoms with Crippen LogP contribution in [-0.2, 0) is 14.3 Å². The highest BCUT2D eigenvalue weighted by atomic mass is 16.6. The molecular weight excluding hydrogens is 264 g/mol. The van der Waals surface area contributed by atoms with Crippen LogP contribution in [0.4, 0.5) is 0 Å². The number of carbonyl (C=O) groups is 1. The molecule has 0 aromatic heterocycles. The molecule has 1 fully saturated rings. The van der Waals surface area contributed by atoms with Crippen LogP contribution in [0.15, 0.2) is 18.2 Å². The van der Waals surface area contributed by atoms with Crippen molar-refractivity contribution in [1.82, 2.24) is 0 Å². The van der Waals surface area contributed by atoms with Crippen molar-refractivity contribution in [3.05, 3.63) is 23.8 Å². The lowest BCUT2D eigenvalue weighted by Gasteiger charge is -2.29. The summed E-state index contributed by atoms with van der Waals surface area (Å²) < 4.78 is 20.8. The highest BCUT2D eigenvalue weighted by Gasteiger charge is 2.28. The monoisotopic (exact) mass is 282 g/mol. The molecule has 6 nitrogen and oxygen atoms in total. The summed E-state index contributed by atoms with van der Waals surface area (Å²) in [5.41, 5.74) is 0.328. The molecule has 1 aromatic carbocycles. The average Bonchev–Trinajstić information content (AvgIpc) is 2.42. The van der Waals surface area contributed by atoms with Gasteiger partial charge in [0.15, 0.2) is 17.6 Å². The Labute approximate surface area is 117 Å². The van der Waals surface area contributed by atoms with Crippen LogP contribution >= 0.6 is 0 Å². The van der Waals surface area contributed by atoms with Gasteiger partial charge in [0, 0.05) is 5.56 Å². The molecule has 0 aliphatic carbocycles. The normalized spacial score (nSPS) is 16.1. The minimum atomic E-state index is -1.40. The Morgan fingerprint density at radius 1 is 1.50 bits per heavy atom. The molecule has 110 valence electrons. The van der Waals surface area contributed by atoms with Gasteiger partial charge in [-0.2, -0.15) is 0 Å². The van der Waals surface area contributed by atoms with Crippen molar-refractivity contribution >= 4 is 5.97 Å². The van der Waals surface area contributed by atoms with Gasteiger partial charge in [-0.3, -0.25) is 0 Å². The Kier molecular flexibility index (Phi) is 4.81. The van der Waals surface area contributed by atoms with Crippen molar-refractivity contribution in [3.8, 4) is 11.5 Å². The van der Waals surface area contributed by atoms with E-state index in [1.54, 1.807) is 25.1 Å². The molecule has 1 aliphatic heterocycles. The van der Waals surface area contributed by atoms with E-state index < -0.39 is 12.1 Å². The van der Waals surface area contributed by atoms with E-state index in [0.717, 1.165) is 0 Å². The van der Waals surface area contributed by atoms with Crippen LogP contribution in [0.3, 0.4) is 0 Å². The number of aliphatic hydroxyl groups is 1. The third-order valence-corrected chi connectivity index (χ3v) is 2.93. The van der Waals surface area contributed by atoms with Crippen molar-refractivity contribution in [1.29, 1.82) is 0 Å². The number of benzene rings is 1. The zero-order valence-electron chi connectivity index (χ0n) is 11.5. The molecule has 1 N–H and O–H groups in total. The number of aliphatic hydroxyl groups excluding tert-OH is 1. The van der Waals surface area contributed by atoms with Crippen molar-refractivity contribution < 1.29 is 28.8 Å². The second-order valence-electron chi connectivity index (χ2n) is 4.31. The summed E-state index contributed by atoms with van der Waals surface area (Å²) in [6.07, 6.45) is -1.50. The SMILES string of the molecule is CCOC(=O)C(O)c1cccc(OC)c1OC1COC1. The van der Waals surface area contributed by atoms with E-state index in [2.05, 4.69) is 0 Å². The number of para-hydroxylation sites is 1. The molecule has 1 unspecified atom stereocenters. The molecule has 2 rings (SSSR count). The maximum atomic E-state index is 11.7. The number of hydrogen-bond acceptors (Lipinski definition) is 6. The summed E-state index contributed by atoms with van der Waals surface area (Å²) in [6, 6.07) is 5.00. The molecule has 0 bridgehead atoms. The van der Waals surface area contributed by atoms with Crippen LogP contribution in [0, 0.1) is 0 Å². The predicted molar refractivity (Wildman–Crippen MR) is 69.8 cm³/mol. The molecule has 0 saturated carbocycles. The first-order valence-corrected chi connectivity index (χ1v) is 6.43. The maximum Gasteiger partial charge on any atom is 0.339 e. The number of hydrogen-bond donors (Lipinski definition) is 1. The summed E-state index contributed by atoms with van der Waals surface area (Å²) in [4.78, 5) is 11.7. The van der Waals surface area contributed by atoms with Crippen LogP contribution < -0.4 is 9.47 Å². The minimum absolute atomic E-state index is 0.0977. The van der Waals surface area contributed by atoms with Crippen molar-refractivity contribution in [3.63, 3.8) is 0 Å². The van der Waals surface area contributed by atoms with E-state index in [0.29, 0.717) is 30.3 Å². The van der Waals surface area contributed by atoms with Gasteiger partial charge < -0.3 is 24.1 Å². The third kappa shape index (κ3) is 3.02. The first kappa shape index (κ1) is 14.6. The van der Waals surface area contributed by atoms with Crippen LogP contribution in [0.25, 0.3) is 0 Å². The number of carbonyl (C=O) groups excluding carboxylic acids is 1. The van der Waals surface area contributed by atoms with Gasteiger partial charge in [0.05, 0.1) is 26.9 Å². The Hall–Kier alpha value is -1.79. The fourth-order valence-electron chi connectivity index (χ4n) is 1.83. The Bertz CT molecular complexity index is 469. The van der Waals surface area contributed by atoms with Gasteiger partial charge in [-0.15, -0.1) is 0 Å². The maximum absolute atomic E-state index is 11.7. The van der Waals surface area contributed by atoms with Crippen LogP contribution in [0.5, 0.6) is 11.5 Å². The first-order valence-electron chi connectivity index (χ1n) is 6.43. The number of rotatable bonds is 6. The molecule has 0 spiro atoms. The third-order valence-electron chi connectivity index (χ3n) is 2.93. The van der Waals surface area contributed by atoms with Gasteiger partial charge >= 0.3 is 5.97 Å². The zero-order chi connectivity index (χ0) is 14.5. The fourth-order valence-corrected chi connectivity index (χ4v) is 1.83. The van der Waals surface area contributed by atoms with Gasteiger partial charge in [0.25, 0.3) is 0 Å². The molecule has 1 saturated heterocycles. The largest absolute Gasteiger partial charge is 0.493 e. The van der Waals surface area contributed by atoms with Crippen LogP contribution in [-0.4, -0.2) is 44.1 Å². The molecule has 1 aromatic rings. The lowest BCUT2D eigenvalue weighted by molar-refractivity contribution is -0.153.